The third-order valence-corrected chi connectivity index (χ3v) is 7.60. The van der Waals surface area contributed by atoms with Gasteiger partial charge in [-0.2, -0.15) is 0 Å². The summed E-state index contributed by atoms with van der Waals surface area (Å²) in [5.41, 5.74) is 4.44. The van der Waals surface area contributed by atoms with Crippen molar-refractivity contribution in [3.63, 3.8) is 0 Å². The van der Waals surface area contributed by atoms with E-state index in [0.717, 1.165) is 23.4 Å². The van der Waals surface area contributed by atoms with Crippen LogP contribution in [0.4, 0.5) is 5.69 Å². The number of piperidine rings is 1. The zero-order valence-corrected chi connectivity index (χ0v) is 19.4. The third-order valence-electron chi connectivity index (χ3n) is 7.60. The van der Waals surface area contributed by atoms with E-state index in [2.05, 4.69) is 94.1 Å². The van der Waals surface area contributed by atoms with Crippen molar-refractivity contribution >= 4 is 16.6 Å². The van der Waals surface area contributed by atoms with Gasteiger partial charge in [-0.1, -0.05) is 42.5 Å². The number of nitrogens with zero attached hydrogens (tertiary/aromatic N) is 4. The molecule has 33 heavy (non-hydrogen) atoms. The summed E-state index contributed by atoms with van der Waals surface area (Å²) >= 11 is 0. The highest BCUT2D eigenvalue weighted by Gasteiger charge is 2.35. The first-order chi connectivity index (χ1) is 16.2. The standard InChI is InChI=1S/C28H33N5/c1-31-13-11-23(12-14-31)29-24-17-26(18-24)33-16-15-32(20-33)25-9-7-22-8-10-27(30-28(22)19-25)21-5-3-2-4-6-21/h2-10,15-16,19,23-24,26,29H,11-14,17-18,20H2,1H3. The fourth-order valence-corrected chi connectivity index (χ4v) is 5.40. The number of aromatic nitrogens is 1. The van der Waals surface area contributed by atoms with Crippen molar-refractivity contribution in [2.75, 3.05) is 31.7 Å². The van der Waals surface area contributed by atoms with Gasteiger partial charge in [0, 0.05) is 47.2 Å². The molecule has 0 amide bonds. The minimum Gasteiger partial charge on any atom is -0.355 e. The number of rotatable bonds is 5. The van der Waals surface area contributed by atoms with E-state index in [0.29, 0.717) is 18.1 Å². The lowest BCUT2D eigenvalue weighted by Crippen LogP contribution is -2.55. The molecule has 2 aliphatic heterocycles. The average Bonchev–Trinajstić information content (AvgIpc) is 3.32. The van der Waals surface area contributed by atoms with Crippen LogP contribution in [0.15, 0.2) is 73.1 Å². The molecule has 1 N–H and O–H groups in total. The van der Waals surface area contributed by atoms with E-state index in [-0.39, 0.29) is 0 Å². The zero-order valence-electron chi connectivity index (χ0n) is 19.4. The van der Waals surface area contributed by atoms with E-state index >= 15 is 0 Å². The number of pyridine rings is 1. The lowest BCUT2D eigenvalue weighted by Gasteiger charge is -2.44. The van der Waals surface area contributed by atoms with Crippen LogP contribution in [-0.4, -0.2) is 59.7 Å². The van der Waals surface area contributed by atoms with Crippen molar-refractivity contribution in [2.45, 2.75) is 43.8 Å². The SMILES string of the molecule is CN1CCC(NC2CC(N3C=CN(c4ccc5ccc(-c6ccccc6)nc5c4)C3)C2)CC1. The molecule has 2 aromatic carbocycles. The van der Waals surface area contributed by atoms with Crippen LogP contribution >= 0.6 is 0 Å². The van der Waals surface area contributed by atoms with Crippen LogP contribution in [0.3, 0.4) is 0 Å². The van der Waals surface area contributed by atoms with Crippen molar-refractivity contribution in [1.29, 1.82) is 0 Å². The van der Waals surface area contributed by atoms with Crippen molar-refractivity contribution in [1.82, 2.24) is 20.1 Å². The highest BCUT2D eigenvalue weighted by Crippen LogP contribution is 2.32. The second-order valence-corrected chi connectivity index (χ2v) is 9.93. The van der Waals surface area contributed by atoms with Gasteiger partial charge in [-0.15, -0.1) is 0 Å². The first kappa shape index (κ1) is 20.7. The Morgan fingerprint density at radius 3 is 2.48 bits per heavy atom. The number of nitrogens with one attached hydrogen (secondary N) is 1. The Balaban J connectivity index is 1.08. The van der Waals surface area contributed by atoms with Crippen molar-refractivity contribution in [2.24, 2.45) is 0 Å². The molecule has 170 valence electrons. The maximum Gasteiger partial charge on any atom is 0.0944 e. The van der Waals surface area contributed by atoms with Gasteiger partial charge in [-0.25, -0.2) is 4.98 Å². The molecule has 3 aliphatic rings. The minimum atomic E-state index is 0.651. The molecule has 5 heteroatoms. The highest BCUT2D eigenvalue weighted by molar-refractivity contribution is 5.85. The van der Waals surface area contributed by atoms with Gasteiger partial charge < -0.3 is 20.0 Å². The van der Waals surface area contributed by atoms with Crippen LogP contribution in [0.25, 0.3) is 22.2 Å². The van der Waals surface area contributed by atoms with Crippen molar-refractivity contribution in [3.8, 4) is 11.3 Å². The lowest BCUT2D eigenvalue weighted by molar-refractivity contribution is 0.127. The Labute approximate surface area is 196 Å². The molecule has 1 aromatic heterocycles. The predicted molar refractivity (Wildman–Crippen MR) is 136 cm³/mol. The largest absolute Gasteiger partial charge is 0.355 e. The summed E-state index contributed by atoms with van der Waals surface area (Å²) < 4.78 is 0. The number of hydrogen-bond donors (Lipinski definition) is 1. The monoisotopic (exact) mass is 439 g/mol. The Morgan fingerprint density at radius 2 is 1.67 bits per heavy atom. The molecule has 1 saturated carbocycles. The van der Waals surface area contributed by atoms with E-state index in [4.69, 9.17) is 4.98 Å². The van der Waals surface area contributed by atoms with Crippen LogP contribution in [0.5, 0.6) is 0 Å². The van der Waals surface area contributed by atoms with Crippen LogP contribution < -0.4 is 10.2 Å². The molecule has 0 atom stereocenters. The number of hydrogen-bond acceptors (Lipinski definition) is 5. The Hall–Kier alpha value is -2.89. The molecule has 0 bridgehead atoms. The second-order valence-electron chi connectivity index (χ2n) is 9.93. The van der Waals surface area contributed by atoms with Crippen LogP contribution in [0, 0.1) is 0 Å². The molecule has 3 aromatic rings. The van der Waals surface area contributed by atoms with Gasteiger partial charge >= 0.3 is 0 Å². The van der Waals surface area contributed by atoms with E-state index < -0.39 is 0 Å². The Morgan fingerprint density at radius 1 is 0.879 bits per heavy atom. The molecule has 1 aliphatic carbocycles. The lowest BCUT2D eigenvalue weighted by atomic mass is 9.84. The maximum absolute atomic E-state index is 4.95. The van der Waals surface area contributed by atoms with Gasteiger partial charge in [-0.3, -0.25) is 0 Å². The molecule has 6 rings (SSSR count). The molecule has 3 heterocycles. The van der Waals surface area contributed by atoms with Crippen LogP contribution in [-0.2, 0) is 0 Å². The first-order valence-electron chi connectivity index (χ1n) is 12.3. The van der Waals surface area contributed by atoms with Crippen LogP contribution in [0.2, 0.25) is 0 Å². The smallest absolute Gasteiger partial charge is 0.0944 e. The fourth-order valence-electron chi connectivity index (χ4n) is 5.40. The fraction of sp³-hybridized carbons (Fsp3) is 0.393. The van der Waals surface area contributed by atoms with Gasteiger partial charge in [0.05, 0.1) is 17.9 Å². The number of anilines is 1. The summed E-state index contributed by atoms with van der Waals surface area (Å²) in [5.74, 6) is 0. The Bertz CT molecular complexity index is 1130. The second kappa shape index (κ2) is 8.81. The molecular formula is C28H33N5. The summed E-state index contributed by atoms with van der Waals surface area (Å²) in [6.07, 6.45) is 9.58. The van der Waals surface area contributed by atoms with Crippen LogP contribution in [0.1, 0.15) is 25.7 Å². The molecule has 0 unspecified atom stereocenters. The number of fused-ring (bicyclic) bond motifs is 1. The molecule has 1 saturated heterocycles. The molecule has 0 radical (unpaired) electrons. The zero-order chi connectivity index (χ0) is 22.2. The molecule has 2 fully saturated rings. The highest BCUT2D eigenvalue weighted by atomic mass is 15.4. The summed E-state index contributed by atoms with van der Waals surface area (Å²) in [6.45, 7) is 3.38. The van der Waals surface area contributed by atoms with Gasteiger partial charge in [0.25, 0.3) is 0 Å². The summed E-state index contributed by atoms with van der Waals surface area (Å²) in [4.78, 5) is 12.2. The molecular weight excluding hydrogens is 406 g/mol. The number of likely N-dealkylation sites (tertiary alicyclic amines) is 1. The quantitative estimate of drug-likeness (QED) is 0.625. The van der Waals surface area contributed by atoms with Gasteiger partial charge in [0.1, 0.15) is 0 Å². The minimum absolute atomic E-state index is 0.651. The van der Waals surface area contributed by atoms with Gasteiger partial charge in [-0.05, 0) is 64.0 Å². The van der Waals surface area contributed by atoms with E-state index in [1.54, 1.807) is 0 Å². The molecule has 5 nitrogen and oxygen atoms in total. The number of benzene rings is 2. The van der Waals surface area contributed by atoms with E-state index in [1.807, 2.05) is 6.07 Å². The predicted octanol–water partition coefficient (Wildman–Crippen LogP) is 4.67. The topological polar surface area (TPSA) is 34.6 Å². The molecule has 0 spiro atoms. The van der Waals surface area contributed by atoms with Gasteiger partial charge in [0.15, 0.2) is 0 Å². The maximum atomic E-state index is 4.95. The van der Waals surface area contributed by atoms with E-state index in [1.165, 1.54) is 49.8 Å². The summed E-state index contributed by atoms with van der Waals surface area (Å²) in [5, 5.41) is 5.09. The van der Waals surface area contributed by atoms with Gasteiger partial charge in [0.2, 0.25) is 0 Å². The van der Waals surface area contributed by atoms with E-state index in [9.17, 15) is 0 Å². The Kier molecular flexibility index (Phi) is 5.52. The van der Waals surface area contributed by atoms with Crippen molar-refractivity contribution in [3.05, 3.63) is 73.1 Å². The normalized spacial score (nSPS) is 23.9. The van der Waals surface area contributed by atoms with Crippen molar-refractivity contribution < 1.29 is 0 Å². The third kappa shape index (κ3) is 4.35. The average molecular weight is 440 g/mol. The summed E-state index contributed by atoms with van der Waals surface area (Å²) in [7, 11) is 2.23. The first-order valence-corrected chi connectivity index (χ1v) is 12.3. The summed E-state index contributed by atoms with van der Waals surface area (Å²) in [6, 6.07) is 23.4.